The molecular formula is C16H32S8. The van der Waals surface area contributed by atoms with E-state index in [0.717, 1.165) is 0 Å². The summed E-state index contributed by atoms with van der Waals surface area (Å²) in [5.41, 5.74) is 0. The molecule has 1 saturated heterocycles. The van der Waals surface area contributed by atoms with Gasteiger partial charge in [-0.25, -0.2) is 0 Å². The van der Waals surface area contributed by atoms with Gasteiger partial charge in [0.2, 0.25) is 0 Å². The summed E-state index contributed by atoms with van der Waals surface area (Å²) in [4.78, 5) is 0. The predicted molar refractivity (Wildman–Crippen MR) is 139 cm³/mol. The molecule has 0 spiro atoms. The van der Waals surface area contributed by atoms with Crippen molar-refractivity contribution >= 4 is 94.1 Å². The highest BCUT2D eigenvalue weighted by Gasteiger charge is 1.97. The smallest absolute Gasteiger partial charge is 0.00238 e. The molecule has 0 aromatic rings. The van der Waals surface area contributed by atoms with Gasteiger partial charge in [0, 0.05) is 92.0 Å². The normalized spacial score (nSPS) is 24.0. The number of rotatable bonds is 0. The Morgan fingerprint density at radius 1 is 0.167 bits per heavy atom. The Morgan fingerprint density at radius 3 is 0.333 bits per heavy atom. The lowest BCUT2D eigenvalue weighted by molar-refractivity contribution is 1.43. The molecule has 0 unspecified atom stereocenters. The van der Waals surface area contributed by atoms with Crippen molar-refractivity contribution in [3.8, 4) is 0 Å². The van der Waals surface area contributed by atoms with Gasteiger partial charge in [0.25, 0.3) is 0 Å². The lowest BCUT2D eigenvalue weighted by Crippen LogP contribution is -1.97. The topological polar surface area (TPSA) is 0 Å². The fourth-order valence-corrected chi connectivity index (χ4v) is 10.9. The molecule has 0 bridgehead atoms. The summed E-state index contributed by atoms with van der Waals surface area (Å²) in [7, 11) is 0. The van der Waals surface area contributed by atoms with Gasteiger partial charge in [-0.15, -0.1) is 0 Å². The third-order valence-electron chi connectivity index (χ3n) is 2.98. The first-order valence-electron chi connectivity index (χ1n) is 8.62. The molecule has 0 N–H and O–H groups in total. The monoisotopic (exact) mass is 480 g/mol. The van der Waals surface area contributed by atoms with E-state index in [0.29, 0.717) is 0 Å². The Kier molecular flexibility index (Phi) is 22.9. The average Bonchev–Trinajstić information content (AvgIpc) is 2.59. The van der Waals surface area contributed by atoms with Crippen LogP contribution in [0.25, 0.3) is 0 Å². The molecule has 0 atom stereocenters. The van der Waals surface area contributed by atoms with E-state index < -0.39 is 0 Å². The van der Waals surface area contributed by atoms with Gasteiger partial charge in [0.15, 0.2) is 0 Å². The number of thioether (sulfide) groups is 8. The van der Waals surface area contributed by atoms with Gasteiger partial charge in [-0.05, 0) is 0 Å². The second kappa shape index (κ2) is 22.1. The third kappa shape index (κ3) is 19.6. The molecule has 1 aliphatic rings. The van der Waals surface area contributed by atoms with E-state index in [1.165, 1.54) is 92.0 Å². The van der Waals surface area contributed by atoms with Crippen LogP contribution in [0.3, 0.4) is 0 Å². The molecule has 0 saturated carbocycles. The first-order valence-corrected chi connectivity index (χ1v) is 17.9. The van der Waals surface area contributed by atoms with Gasteiger partial charge in [-0.1, -0.05) is 0 Å². The summed E-state index contributed by atoms with van der Waals surface area (Å²) in [5, 5.41) is 0. The van der Waals surface area contributed by atoms with Crippen molar-refractivity contribution in [1.29, 1.82) is 0 Å². The second-order valence-electron chi connectivity index (χ2n) is 4.90. The van der Waals surface area contributed by atoms with E-state index in [1.807, 2.05) is 0 Å². The molecule has 0 aliphatic carbocycles. The molecule has 0 radical (unpaired) electrons. The first kappa shape index (κ1) is 24.8. The molecule has 144 valence electrons. The van der Waals surface area contributed by atoms with Crippen LogP contribution in [0.15, 0.2) is 0 Å². The van der Waals surface area contributed by atoms with E-state index in [-0.39, 0.29) is 0 Å². The van der Waals surface area contributed by atoms with Crippen molar-refractivity contribution in [2.45, 2.75) is 0 Å². The average molecular weight is 481 g/mol. The summed E-state index contributed by atoms with van der Waals surface area (Å²) >= 11 is 17.2. The SMILES string of the molecule is C1CSCCSCCSCCSCCSCCSCCSCCS1. The zero-order chi connectivity index (χ0) is 17.0. The van der Waals surface area contributed by atoms with Crippen LogP contribution in [0, 0.1) is 0 Å². The highest BCUT2D eigenvalue weighted by Crippen LogP contribution is 2.16. The molecular weight excluding hydrogens is 449 g/mol. The number of hydrogen-bond donors (Lipinski definition) is 0. The van der Waals surface area contributed by atoms with Crippen molar-refractivity contribution in [1.82, 2.24) is 0 Å². The number of hydrogen-bond acceptors (Lipinski definition) is 8. The first-order chi connectivity index (χ1) is 12.0. The van der Waals surface area contributed by atoms with Crippen LogP contribution in [-0.2, 0) is 0 Å². The van der Waals surface area contributed by atoms with Crippen molar-refractivity contribution < 1.29 is 0 Å². The zero-order valence-electron chi connectivity index (χ0n) is 14.6. The maximum atomic E-state index is 2.15. The predicted octanol–water partition coefficient (Wildman–Crippen LogP) is 5.87. The lowest BCUT2D eigenvalue weighted by atomic mass is 10.9. The Bertz CT molecular complexity index is 132. The van der Waals surface area contributed by atoms with Crippen molar-refractivity contribution in [2.24, 2.45) is 0 Å². The molecule has 0 aromatic carbocycles. The van der Waals surface area contributed by atoms with Gasteiger partial charge in [0.05, 0.1) is 0 Å². The molecule has 1 heterocycles. The maximum Gasteiger partial charge on any atom is 0.00238 e. The van der Waals surface area contributed by atoms with Crippen molar-refractivity contribution in [3.05, 3.63) is 0 Å². The van der Waals surface area contributed by atoms with Gasteiger partial charge < -0.3 is 0 Å². The van der Waals surface area contributed by atoms with E-state index in [1.54, 1.807) is 0 Å². The van der Waals surface area contributed by atoms with Crippen LogP contribution in [0.4, 0.5) is 0 Å². The molecule has 1 rings (SSSR count). The van der Waals surface area contributed by atoms with Gasteiger partial charge >= 0.3 is 0 Å². The van der Waals surface area contributed by atoms with Gasteiger partial charge in [-0.2, -0.15) is 94.1 Å². The lowest BCUT2D eigenvalue weighted by Gasteiger charge is -2.05. The summed E-state index contributed by atoms with van der Waals surface area (Å²) in [6, 6.07) is 0. The second-order valence-corrected chi connectivity index (χ2v) is 14.7. The minimum Gasteiger partial charge on any atom is -0.160 e. The van der Waals surface area contributed by atoms with E-state index in [2.05, 4.69) is 94.1 Å². The third-order valence-corrected chi connectivity index (χ3v) is 12.9. The summed E-state index contributed by atoms with van der Waals surface area (Å²) in [6.07, 6.45) is 0. The van der Waals surface area contributed by atoms with E-state index in [4.69, 9.17) is 0 Å². The minimum atomic E-state index is 1.34. The fourth-order valence-electron chi connectivity index (χ4n) is 1.76. The van der Waals surface area contributed by atoms with Gasteiger partial charge in [0.1, 0.15) is 0 Å². The van der Waals surface area contributed by atoms with Crippen LogP contribution in [-0.4, -0.2) is 92.0 Å². The quantitative estimate of drug-likeness (QED) is 0.417. The molecule has 0 nitrogen and oxygen atoms in total. The summed E-state index contributed by atoms with van der Waals surface area (Å²) in [6.45, 7) is 0. The molecule has 1 aliphatic heterocycles. The van der Waals surface area contributed by atoms with Crippen molar-refractivity contribution in [3.63, 3.8) is 0 Å². The molecule has 8 heteroatoms. The molecule has 24 heavy (non-hydrogen) atoms. The maximum absolute atomic E-state index is 2.15. The summed E-state index contributed by atoms with van der Waals surface area (Å²) in [5.74, 6) is 21.5. The van der Waals surface area contributed by atoms with Crippen LogP contribution in [0.2, 0.25) is 0 Å². The molecule has 0 aromatic heterocycles. The largest absolute Gasteiger partial charge is 0.160 e. The molecule has 1 fully saturated rings. The Labute approximate surface area is 184 Å². The van der Waals surface area contributed by atoms with Crippen LogP contribution in [0.5, 0.6) is 0 Å². The van der Waals surface area contributed by atoms with Gasteiger partial charge in [-0.3, -0.25) is 0 Å². The summed E-state index contributed by atoms with van der Waals surface area (Å²) < 4.78 is 0. The highest BCUT2D eigenvalue weighted by molar-refractivity contribution is 8.07. The van der Waals surface area contributed by atoms with Crippen LogP contribution in [0.1, 0.15) is 0 Å². The Morgan fingerprint density at radius 2 is 0.250 bits per heavy atom. The Balaban J connectivity index is 2.00. The van der Waals surface area contributed by atoms with E-state index in [9.17, 15) is 0 Å². The van der Waals surface area contributed by atoms with Crippen LogP contribution >= 0.6 is 94.1 Å². The van der Waals surface area contributed by atoms with Crippen LogP contribution < -0.4 is 0 Å². The van der Waals surface area contributed by atoms with Crippen molar-refractivity contribution in [2.75, 3.05) is 92.0 Å². The highest BCUT2D eigenvalue weighted by atomic mass is 32.2. The standard InChI is InChI=1S/C16H32S8/c1-2-18-5-6-20-9-10-22-13-14-24-16-15-23-12-11-21-8-7-19-4-3-17-1/h1-16H2. The molecule has 0 amide bonds. The Hall–Kier alpha value is 2.80. The zero-order valence-corrected chi connectivity index (χ0v) is 21.1. The van der Waals surface area contributed by atoms with E-state index >= 15 is 0 Å². The fraction of sp³-hybridized carbons (Fsp3) is 1.00. The minimum absolute atomic E-state index is 1.34.